The summed E-state index contributed by atoms with van der Waals surface area (Å²) in [6.45, 7) is 6.50. The highest BCUT2D eigenvalue weighted by molar-refractivity contribution is 5.81. The van der Waals surface area contributed by atoms with Gasteiger partial charge in [-0.1, -0.05) is 12.1 Å². The van der Waals surface area contributed by atoms with Crippen molar-refractivity contribution in [1.29, 1.82) is 0 Å². The Kier molecular flexibility index (Phi) is 7.00. The van der Waals surface area contributed by atoms with E-state index in [4.69, 9.17) is 4.74 Å². The largest absolute Gasteiger partial charge is 0.433 e. The molecule has 0 aromatic carbocycles. The number of rotatable bonds is 7. The van der Waals surface area contributed by atoms with Crippen LogP contribution in [0.3, 0.4) is 0 Å². The quantitative estimate of drug-likeness (QED) is 0.784. The van der Waals surface area contributed by atoms with Crippen LogP contribution in [-0.4, -0.2) is 55.7 Å². The second-order valence-electron chi connectivity index (χ2n) is 7.26. The predicted octanol–water partition coefficient (Wildman–Crippen LogP) is 2.98. The molecule has 1 aliphatic heterocycles. The first kappa shape index (κ1) is 21.4. The molecule has 0 bridgehead atoms. The predicted molar refractivity (Wildman–Crippen MR) is 96.9 cm³/mol. The number of pyridine rings is 1. The summed E-state index contributed by atoms with van der Waals surface area (Å²) in [6, 6.07) is 3.97. The lowest BCUT2D eigenvalue weighted by Gasteiger charge is -2.27. The average molecular weight is 385 g/mol. The van der Waals surface area contributed by atoms with E-state index in [0.29, 0.717) is 44.9 Å². The molecule has 1 N–H and O–H groups in total. The molecule has 5 nitrogen and oxygen atoms in total. The van der Waals surface area contributed by atoms with E-state index in [1.807, 2.05) is 19.9 Å². The third kappa shape index (κ3) is 6.04. The maximum atomic E-state index is 12.8. The summed E-state index contributed by atoms with van der Waals surface area (Å²) in [5.41, 5.74) is -0.259. The Morgan fingerprint density at radius 2 is 2.07 bits per heavy atom. The summed E-state index contributed by atoms with van der Waals surface area (Å²) in [5, 5.41) is 2.90. The van der Waals surface area contributed by atoms with Crippen molar-refractivity contribution in [3.05, 3.63) is 35.7 Å². The molecule has 27 heavy (non-hydrogen) atoms. The molecule has 1 aromatic rings. The fourth-order valence-corrected chi connectivity index (χ4v) is 2.91. The highest BCUT2D eigenvalue weighted by atomic mass is 19.4. The number of carbonyl (C=O) groups excluding carboxylic acids is 1. The van der Waals surface area contributed by atoms with Gasteiger partial charge in [-0.05, 0) is 38.0 Å². The van der Waals surface area contributed by atoms with E-state index in [1.165, 1.54) is 6.07 Å². The van der Waals surface area contributed by atoms with Crippen molar-refractivity contribution in [1.82, 2.24) is 15.2 Å². The molecule has 0 radical (unpaired) electrons. The van der Waals surface area contributed by atoms with E-state index in [0.717, 1.165) is 11.6 Å². The van der Waals surface area contributed by atoms with Crippen LogP contribution >= 0.6 is 0 Å². The minimum absolute atomic E-state index is 0.0641. The molecular formula is C19H26F3N3O2. The normalized spacial score (nSPS) is 16.1. The van der Waals surface area contributed by atoms with Gasteiger partial charge in [-0.2, -0.15) is 13.2 Å². The Bertz CT molecular complexity index is 687. The van der Waals surface area contributed by atoms with Crippen LogP contribution in [0, 0.1) is 5.41 Å². The van der Waals surface area contributed by atoms with E-state index < -0.39 is 17.3 Å². The topological polar surface area (TPSA) is 54.5 Å². The molecule has 1 amide bonds. The van der Waals surface area contributed by atoms with Gasteiger partial charge in [0.1, 0.15) is 5.69 Å². The Morgan fingerprint density at radius 3 is 2.67 bits per heavy atom. The second-order valence-corrected chi connectivity index (χ2v) is 7.26. The lowest BCUT2D eigenvalue weighted by molar-refractivity contribution is -0.141. The SMILES string of the molecule is COCC(C)(C)C(=O)NCCN1CC=C(c2cccc(C(F)(F)F)n2)CC1. The van der Waals surface area contributed by atoms with Crippen molar-refractivity contribution in [2.24, 2.45) is 5.41 Å². The number of hydrogen-bond acceptors (Lipinski definition) is 4. The maximum absolute atomic E-state index is 12.8. The lowest BCUT2D eigenvalue weighted by Crippen LogP contribution is -2.43. The summed E-state index contributed by atoms with van der Waals surface area (Å²) >= 11 is 0. The Morgan fingerprint density at radius 1 is 1.33 bits per heavy atom. The second kappa shape index (κ2) is 8.84. The van der Waals surface area contributed by atoms with Crippen molar-refractivity contribution in [3.63, 3.8) is 0 Å². The van der Waals surface area contributed by atoms with Crippen LogP contribution in [0.1, 0.15) is 31.7 Å². The van der Waals surface area contributed by atoms with Crippen molar-refractivity contribution in [2.75, 3.05) is 39.9 Å². The van der Waals surface area contributed by atoms with Gasteiger partial charge < -0.3 is 10.1 Å². The van der Waals surface area contributed by atoms with E-state index in [2.05, 4.69) is 15.2 Å². The van der Waals surface area contributed by atoms with Crippen LogP contribution in [0.5, 0.6) is 0 Å². The van der Waals surface area contributed by atoms with Gasteiger partial charge in [-0.15, -0.1) is 0 Å². The Hall–Kier alpha value is -1.93. The highest BCUT2D eigenvalue weighted by Gasteiger charge is 2.32. The van der Waals surface area contributed by atoms with Crippen molar-refractivity contribution >= 4 is 11.5 Å². The fraction of sp³-hybridized carbons (Fsp3) is 0.579. The number of methoxy groups -OCH3 is 1. The average Bonchev–Trinajstić information content (AvgIpc) is 2.61. The van der Waals surface area contributed by atoms with Gasteiger partial charge in [0.05, 0.1) is 17.7 Å². The van der Waals surface area contributed by atoms with Crippen LogP contribution < -0.4 is 5.32 Å². The third-order valence-electron chi connectivity index (χ3n) is 4.50. The van der Waals surface area contributed by atoms with Gasteiger partial charge in [0, 0.05) is 33.3 Å². The molecule has 0 fully saturated rings. The molecule has 1 aromatic heterocycles. The molecule has 0 saturated heterocycles. The molecule has 150 valence electrons. The van der Waals surface area contributed by atoms with Crippen molar-refractivity contribution < 1.29 is 22.7 Å². The molecule has 2 rings (SSSR count). The Balaban J connectivity index is 1.86. The molecule has 8 heteroatoms. The number of amides is 1. The summed E-state index contributed by atoms with van der Waals surface area (Å²) < 4.78 is 43.5. The van der Waals surface area contributed by atoms with Crippen LogP contribution in [0.2, 0.25) is 0 Å². The number of halogens is 3. The molecule has 0 atom stereocenters. The van der Waals surface area contributed by atoms with Gasteiger partial charge in [0.2, 0.25) is 5.91 Å². The third-order valence-corrected chi connectivity index (χ3v) is 4.50. The maximum Gasteiger partial charge on any atom is 0.433 e. The first-order valence-corrected chi connectivity index (χ1v) is 8.87. The molecule has 2 heterocycles. The van der Waals surface area contributed by atoms with Gasteiger partial charge in [0.15, 0.2) is 0 Å². The minimum atomic E-state index is -4.44. The molecule has 0 aliphatic carbocycles. The number of nitrogens with zero attached hydrogens (tertiary/aromatic N) is 2. The van der Waals surface area contributed by atoms with Crippen LogP contribution in [0.4, 0.5) is 13.2 Å². The van der Waals surface area contributed by atoms with E-state index in [-0.39, 0.29) is 5.91 Å². The first-order valence-electron chi connectivity index (χ1n) is 8.87. The number of hydrogen-bond donors (Lipinski definition) is 1. The van der Waals surface area contributed by atoms with E-state index >= 15 is 0 Å². The number of carbonyl (C=O) groups is 1. The zero-order valence-corrected chi connectivity index (χ0v) is 15.9. The van der Waals surface area contributed by atoms with E-state index in [9.17, 15) is 18.0 Å². The van der Waals surface area contributed by atoms with Gasteiger partial charge in [-0.3, -0.25) is 9.69 Å². The van der Waals surface area contributed by atoms with Crippen molar-refractivity contribution in [3.8, 4) is 0 Å². The van der Waals surface area contributed by atoms with Gasteiger partial charge in [0.25, 0.3) is 0 Å². The van der Waals surface area contributed by atoms with Crippen LogP contribution in [-0.2, 0) is 15.7 Å². The zero-order valence-electron chi connectivity index (χ0n) is 15.9. The molecular weight excluding hydrogens is 359 g/mol. The lowest BCUT2D eigenvalue weighted by atomic mass is 9.93. The fourth-order valence-electron chi connectivity index (χ4n) is 2.91. The van der Waals surface area contributed by atoms with Crippen LogP contribution in [0.15, 0.2) is 24.3 Å². The first-order chi connectivity index (χ1) is 12.6. The smallest absolute Gasteiger partial charge is 0.384 e. The number of ether oxygens (including phenoxy) is 1. The zero-order chi connectivity index (χ0) is 20.1. The summed E-state index contributed by atoms with van der Waals surface area (Å²) in [7, 11) is 1.56. The molecule has 0 saturated carbocycles. The highest BCUT2D eigenvalue weighted by Crippen LogP contribution is 2.29. The number of aromatic nitrogens is 1. The molecule has 0 spiro atoms. The van der Waals surface area contributed by atoms with Gasteiger partial charge in [-0.25, -0.2) is 4.98 Å². The van der Waals surface area contributed by atoms with Crippen LogP contribution in [0.25, 0.3) is 5.57 Å². The number of alkyl halides is 3. The molecule has 0 unspecified atom stereocenters. The summed E-state index contributed by atoms with van der Waals surface area (Å²) in [6.07, 6.45) is -1.91. The van der Waals surface area contributed by atoms with Gasteiger partial charge >= 0.3 is 6.18 Å². The minimum Gasteiger partial charge on any atom is -0.384 e. The summed E-state index contributed by atoms with van der Waals surface area (Å²) in [4.78, 5) is 18.0. The Labute approximate surface area is 157 Å². The monoisotopic (exact) mass is 385 g/mol. The van der Waals surface area contributed by atoms with E-state index in [1.54, 1.807) is 13.2 Å². The standard InChI is InChI=1S/C19H26F3N3O2/c1-18(2,13-27-3)17(26)23-9-12-25-10-7-14(8-11-25)15-5-4-6-16(24-15)19(20,21)22/h4-7H,8-13H2,1-3H3,(H,23,26). The number of nitrogens with one attached hydrogen (secondary N) is 1. The summed E-state index contributed by atoms with van der Waals surface area (Å²) in [5.74, 6) is -0.0641. The van der Waals surface area contributed by atoms with Crippen molar-refractivity contribution in [2.45, 2.75) is 26.4 Å². The molecule has 1 aliphatic rings.